The van der Waals surface area contributed by atoms with Crippen LogP contribution in [-0.2, 0) is 6.54 Å². The summed E-state index contributed by atoms with van der Waals surface area (Å²) in [5.74, 6) is 0.919. The van der Waals surface area contributed by atoms with E-state index in [-0.39, 0.29) is 23.7 Å². The van der Waals surface area contributed by atoms with E-state index in [9.17, 15) is 4.79 Å². The van der Waals surface area contributed by atoms with Crippen molar-refractivity contribution in [3.63, 3.8) is 0 Å². The third kappa shape index (κ3) is 3.08. The fourth-order valence-electron chi connectivity index (χ4n) is 2.49. The van der Waals surface area contributed by atoms with E-state index in [1.807, 2.05) is 31.2 Å². The molecule has 8 nitrogen and oxygen atoms in total. The molecule has 126 valence electrons. The molecule has 2 heterocycles. The summed E-state index contributed by atoms with van der Waals surface area (Å²) in [6, 6.07) is 7.57. The highest BCUT2D eigenvalue weighted by Crippen LogP contribution is 2.25. The van der Waals surface area contributed by atoms with Gasteiger partial charge in [-0.2, -0.15) is 15.0 Å². The van der Waals surface area contributed by atoms with Gasteiger partial charge in [0, 0.05) is 19.7 Å². The first-order chi connectivity index (χ1) is 11.5. The van der Waals surface area contributed by atoms with Gasteiger partial charge in [0.2, 0.25) is 17.7 Å². The molecule has 1 aromatic carbocycles. The maximum absolute atomic E-state index is 12.9. The summed E-state index contributed by atoms with van der Waals surface area (Å²) in [5, 5.41) is 0. The van der Waals surface area contributed by atoms with Crippen LogP contribution in [0.3, 0.4) is 0 Å². The van der Waals surface area contributed by atoms with Crippen molar-refractivity contribution in [1.29, 1.82) is 0 Å². The molecular weight excluding hydrogens is 308 g/mol. The second-order valence-corrected chi connectivity index (χ2v) is 5.91. The van der Waals surface area contributed by atoms with Crippen LogP contribution in [0.2, 0.25) is 0 Å². The zero-order chi connectivity index (χ0) is 17.3. The number of rotatable bonds is 2. The maximum atomic E-state index is 12.9. The molecule has 0 radical (unpaired) electrons. The van der Waals surface area contributed by atoms with Gasteiger partial charge in [0.05, 0.1) is 12.6 Å². The Morgan fingerprint density at radius 2 is 2.04 bits per heavy atom. The third-order valence-corrected chi connectivity index (χ3v) is 3.82. The maximum Gasteiger partial charge on any atom is 0.292 e. The minimum atomic E-state index is -0.292. The molecule has 1 aromatic heterocycles. The zero-order valence-electron chi connectivity index (χ0n) is 13.9. The first kappa shape index (κ1) is 16.0. The fraction of sp³-hybridized carbons (Fsp3) is 0.375. The summed E-state index contributed by atoms with van der Waals surface area (Å²) >= 11 is 0. The quantitative estimate of drug-likeness (QED) is 0.876. The summed E-state index contributed by atoms with van der Waals surface area (Å²) in [7, 11) is 3.56. The SMILES string of the molecule is CC1COc2ccccc2CN1C(=O)c1nc(N)nc(N(C)C)n1. The van der Waals surface area contributed by atoms with Gasteiger partial charge in [-0.1, -0.05) is 18.2 Å². The predicted molar refractivity (Wildman–Crippen MR) is 89.8 cm³/mol. The molecule has 3 rings (SSSR count). The molecule has 0 fully saturated rings. The topological polar surface area (TPSA) is 97.5 Å². The number of amides is 1. The van der Waals surface area contributed by atoms with E-state index in [0.29, 0.717) is 19.1 Å². The summed E-state index contributed by atoms with van der Waals surface area (Å²) in [6.45, 7) is 2.77. The van der Waals surface area contributed by atoms with E-state index in [1.54, 1.807) is 23.9 Å². The summed E-state index contributed by atoms with van der Waals surface area (Å²) in [4.78, 5) is 28.6. The van der Waals surface area contributed by atoms with Crippen LogP contribution in [0.5, 0.6) is 5.75 Å². The molecule has 2 aromatic rings. The first-order valence-corrected chi connectivity index (χ1v) is 7.66. The lowest BCUT2D eigenvalue weighted by Gasteiger charge is -2.25. The second kappa shape index (κ2) is 6.31. The van der Waals surface area contributed by atoms with Gasteiger partial charge in [-0.15, -0.1) is 0 Å². The zero-order valence-corrected chi connectivity index (χ0v) is 13.9. The highest BCUT2D eigenvalue weighted by atomic mass is 16.5. The van der Waals surface area contributed by atoms with Gasteiger partial charge >= 0.3 is 0 Å². The molecule has 0 saturated heterocycles. The van der Waals surface area contributed by atoms with Gasteiger partial charge in [-0.05, 0) is 13.0 Å². The van der Waals surface area contributed by atoms with E-state index < -0.39 is 0 Å². The third-order valence-electron chi connectivity index (χ3n) is 3.82. The molecule has 2 N–H and O–H groups in total. The smallest absolute Gasteiger partial charge is 0.292 e. The summed E-state index contributed by atoms with van der Waals surface area (Å²) < 4.78 is 5.78. The number of nitrogens with two attached hydrogens (primary N) is 1. The van der Waals surface area contributed by atoms with Crippen molar-refractivity contribution < 1.29 is 9.53 Å². The van der Waals surface area contributed by atoms with Crippen molar-refractivity contribution in [1.82, 2.24) is 19.9 Å². The van der Waals surface area contributed by atoms with Gasteiger partial charge in [-0.25, -0.2) is 0 Å². The van der Waals surface area contributed by atoms with E-state index in [2.05, 4.69) is 15.0 Å². The largest absolute Gasteiger partial charge is 0.491 e. The van der Waals surface area contributed by atoms with Crippen molar-refractivity contribution in [2.45, 2.75) is 19.5 Å². The molecule has 0 aliphatic carbocycles. The average Bonchev–Trinajstić information content (AvgIpc) is 2.73. The number of para-hydroxylation sites is 1. The standard InChI is InChI=1S/C16H20N6O2/c1-10-9-24-12-7-5-4-6-11(12)8-22(10)14(23)13-18-15(17)20-16(19-13)21(2)3/h4-7,10H,8-9H2,1-3H3,(H2,17,18,19,20). The van der Waals surface area contributed by atoms with Crippen LogP contribution in [0.4, 0.5) is 11.9 Å². The second-order valence-electron chi connectivity index (χ2n) is 5.91. The number of nitrogen functional groups attached to an aromatic ring is 1. The van der Waals surface area contributed by atoms with Gasteiger partial charge in [0.1, 0.15) is 12.4 Å². The lowest BCUT2D eigenvalue weighted by atomic mass is 10.2. The van der Waals surface area contributed by atoms with Gasteiger partial charge < -0.3 is 20.3 Å². The molecule has 1 amide bonds. The van der Waals surface area contributed by atoms with E-state index in [4.69, 9.17) is 10.5 Å². The Morgan fingerprint density at radius 3 is 2.79 bits per heavy atom. The van der Waals surface area contributed by atoms with E-state index in [1.165, 1.54) is 0 Å². The highest BCUT2D eigenvalue weighted by Gasteiger charge is 2.28. The Kier molecular flexibility index (Phi) is 4.20. The van der Waals surface area contributed by atoms with Crippen LogP contribution in [0, 0.1) is 0 Å². The van der Waals surface area contributed by atoms with Crippen LogP contribution < -0.4 is 15.4 Å². The summed E-state index contributed by atoms with van der Waals surface area (Å²) in [6.07, 6.45) is 0. The highest BCUT2D eigenvalue weighted by molar-refractivity contribution is 5.91. The number of ether oxygens (including phenoxy) is 1. The van der Waals surface area contributed by atoms with Crippen LogP contribution in [-0.4, -0.2) is 52.5 Å². The molecule has 1 unspecified atom stereocenters. The number of hydrogen-bond acceptors (Lipinski definition) is 7. The number of carbonyl (C=O) groups excluding carboxylic acids is 1. The van der Waals surface area contributed by atoms with Gasteiger partial charge in [-0.3, -0.25) is 4.79 Å². The fourth-order valence-corrected chi connectivity index (χ4v) is 2.49. The molecule has 0 spiro atoms. The lowest BCUT2D eigenvalue weighted by molar-refractivity contribution is 0.0633. The number of hydrogen-bond donors (Lipinski definition) is 1. The number of anilines is 2. The normalized spacial score (nSPS) is 16.8. The molecule has 0 bridgehead atoms. The summed E-state index contributed by atoms with van der Waals surface area (Å²) in [5.41, 5.74) is 6.67. The minimum absolute atomic E-state index is 0.0242. The minimum Gasteiger partial charge on any atom is -0.491 e. The van der Waals surface area contributed by atoms with Crippen LogP contribution >= 0.6 is 0 Å². The molecule has 1 aliphatic rings. The molecule has 0 saturated carbocycles. The molecule has 24 heavy (non-hydrogen) atoms. The molecular formula is C16H20N6O2. The van der Waals surface area contributed by atoms with Gasteiger partial charge in [0.15, 0.2) is 0 Å². The van der Waals surface area contributed by atoms with Crippen molar-refractivity contribution in [3.05, 3.63) is 35.7 Å². The number of benzene rings is 1. The van der Waals surface area contributed by atoms with Crippen LogP contribution in [0.25, 0.3) is 0 Å². The Bertz CT molecular complexity index is 764. The number of fused-ring (bicyclic) bond motifs is 1. The lowest BCUT2D eigenvalue weighted by Crippen LogP contribution is -2.41. The van der Waals surface area contributed by atoms with Crippen molar-refractivity contribution in [2.75, 3.05) is 31.3 Å². The monoisotopic (exact) mass is 328 g/mol. The van der Waals surface area contributed by atoms with E-state index in [0.717, 1.165) is 11.3 Å². The Labute approximate surface area is 140 Å². The van der Waals surface area contributed by atoms with E-state index >= 15 is 0 Å². The Morgan fingerprint density at radius 1 is 1.29 bits per heavy atom. The molecule has 8 heteroatoms. The van der Waals surface area contributed by atoms with Crippen molar-refractivity contribution in [3.8, 4) is 5.75 Å². The van der Waals surface area contributed by atoms with Crippen LogP contribution in [0.1, 0.15) is 23.1 Å². The first-order valence-electron chi connectivity index (χ1n) is 7.66. The number of carbonyl (C=O) groups is 1. The average molecular weight is 328 g/mol. The Hall–Kier alpha value is -2.90. The Balaban J connectivity index is 1.94. The molecule has 1 aliphatic heterocycles. The number of aromatic nitrogens is 3. The van der Waals surface area contributed by atoms with Crippen LogP contribution in [0.15, 0.2) is 24.3 Å². The molecule has 1 atom stereocenters. The van der Waals surface area contributed by atoms with Gasteiger partial charge in [0.25, 0.3) is 5.91 Å². The number of nitrogens with zero attached hydrogens (tertiary/aromatic N) is 5. The van der Waals surface area contributed by atoms with Crippen molar-refractivity contribution >= 4 is 17.8 Å². The van der Waals surface area contributed by atoms with Crippen molar-refractivity contribution in [2.24, 2.45) is 0 Å². The predicted octanol–water partition coefficient (Wildman–Crippen LogP) is 0.943.